The van der Waals surface area contributed by atoms with Gasteiger partial charge in [0.1, 0.15) is 12.4 Å². The number of hydrogen-bond acceptors (Lipinski definition) is 1. The van der Waals surface area contributed by atoms with Gasteiger partial charge >= 0.3 is 0 Å². The van der Waals surface area contributed by atoms with Gasteiger partial charge in [-0.3, -0.25) is 0 Å². The van der Waals surface area contributed by atoms with E-state index in [1.54, 1.807) is 6.07 Å². The molecule has 0 bridgehead atoms. The van der Waals surface area contributed by atoms with Gasteiger partial charge in [-0.05, 0) is 23.1 Å². The third kappa shape index (κ3) is 3.86. The fraction of sp³-hybridized carbons (Fsp3) is 0.500. The first-order chi connectivity index (χ1) is 6.89. The van der Waals surface area contributed by atoms with E-state index in [1.807, 2.05) is 18.2 Å². The van der Waals surface area contributed by atoms with Crippen LogP contribution in [0.4, 0.5) is 8.78 Å². The quantitative estimate of drug-likeness (QED) is 0.746. The van der Waals surface area contributed by atoms with Crippen LogP contribution >= 0.6 is 0 Å². The lowest BCUT2D eigenvalue weighted by atomic mass is 9.87. The van der Waals surface area contributed by atoms with Crippen molar-refractivity contribution in [3.05, 3.63) is 29.8 Å². The monoisotopic (exact) mass is 214 g/mol. The molecule has 0 N–H and O–H groups in total. The van der Waals surface area contributed by atoms with Gasteiger partial charge in [-0.2, -0.15) is 0 Å². The Hall–Kier alpha value is -1.12. The van der Waals surface area contributed by atoms with Crippen molar-refractivity contribution >= 4 is 0 Å². The minimum absolute atomic E-state index is 0.00417. The molecule has 0 heterocycles. The maximum absolute atomic E-state index is 11.9. The number of hydrogen-bond donors (Lipinski definition) is 0. The number of rotatable bonds is 3. The Morgan fingerprint density at radius 2 is 1.93 bits per heavy atom. The van der Waals surface area contributed by atoms with Gasteiger partial charge in [0.2, 0.25) is 0 Å². The Kier molecular flexibility index (Phi) is 3.66. The number of benzene rings is 1. The standard InChI is InChI=1S/C12H16F2O/c1-12(2,3)9-5-4-6-10(7-9)15-8-11(13)14/h4-7,11H,8H2,1-3H3. The number of ether oxygens (including phenoxy) is 1. The van der Waals surface area contributed by atoms with Gasteiger partial charge in [0, 0.05) is 0 Å². The van der Waals surface area contributed by atoms with Gasteiger partial charge < -0.3 is 4.74 Å². The Balaban J connectivity index is 2.75. The summed E-state index contributed by atoms with van der Waals surface area (Å²) in [7, 11) is 0. The number of halogens is 2. The molecule has 1 nitrogen and oxygen atoms in total. The topological polar surface area (TPSA) is 9.23 Å². The van der Waals surface area contributed by atoms with E-state index in [2.05, 4.69) is 20.8 Å². The molecular formula is C12H16F2O. The maximum Gasteiger partial charge on any atom is 0.272 e. The van der Waals surface area contributed by atoms with Gasteiger partial charge in [0.05, 0.1) is 0 Å². The summed E-state index contributed by atoms with van der Waals surface area (Å²) in [6.45, 7) is 5.66. The van der Waals surface area contributed by atoms with Crippen LogP contribution < -0.4 is 4.74 Å². The minimum atomic E-state index is -2.43. The van der Waals surface area contributed by atoms with Crippen LogP contribution in [-0.4, -0.2) is 13.0 Å². The van der Waals surface area contributed by atoms with Crippen molar-refractivity contribution in [3.8, 4) is 5.75 Å². The Labute approximate surface area is 89.1 Å². The molecule has 0 amide bonds. The van der Waals surface area contributed by atoms with Crippen LogP contribution in [0, 0.1) is 0 Å². The largest absolute Gasteiger partial charge is 0.488 e. The van der Waals surface area contributed by atoms with E-state index < -0.39 is 13.0 Å². The van der Waals surface area contributed by atoms with Crippen LogP contribution in [0.2, 0.25) is 0 Å². The van der Waals surface area contributed by atoms with E-state index in [1.165, 1.54) is 0 Å². The molecule has 1 rings (SSSR count). The second-order valence-corrected chi connectivity index (χ2v) is 4.48. The van der Waals surface area contributed by atoms with Crippen LogP contribution in [0.15, 0.2) is 24.3 Å². The zero-order valence-corrected chi connectivity index (χ0v) is 9.26. The SMILES string of the molecule is CC(C)(C)c1cccc(OCC(F)F)c1. The first kappa shape index (κ1) is 12.0. The molecule has 0 aliphatic rings. The lowest BCUT2D eigenvalue weighted by Gasteiger charge is -2.19. The van der Waals surface area contributed by atoms with Crippen molar-refractivity contribution in [2.45, 2.75) is 32.6 Å². The Bertz CT molecular complexity index is 316. The maximum atomic E-state index is 11.9. The summed E-state index contributed by atoms with van der Waals surface area (Å²) in [5, 5.41) is 0. The van der Waals surface area contributed by atoms with Gasteiger partial charge in [0.15, 0.2) is 0 Å². The van der Waals surface area contributed by atoms with Crippen LogP contribution in [0.1, 0.15) is 26.3 Å². The van der Waals surface area contributed by atoms with Gasteiger partial charge in [-0.25, -0.2) is 8.78 Å². The molecule has 0 unspecified atom stereocenters. The first-order valence-electron chi connectivity index (χ1n) is 4.91. The molecule has 0 saturated heterocycles. The van der Waals surface area contributed by atoms with Gasteiger partial charge in [0.25, 0.3) is 6.43 Å². The second-order valence-electron chi connectivity index (χ2n) is 4.48. The summed E-state index contributed by atoms with van der Waals surface area (Å²) < 4.78 is 28.8. The van der Waals surface area contributed by atoms with E-state index in [-0.39, 0.29) is 5.41 Å². The molecule has 0 aromatic heterocycles. The molecule has 0 aliphatic carbocycles. The lowest BCUT2D eigenvalue weighted by molar-refractivity contribution is 0.0818. The van der Waals surface area contributed by atoms with Crippen molar-refractivity contribution < 1.29 is 13.5 Å². The summed E-state index contributed by atoms with van der Waals surface area (Å²) in [6.07, 6.45) is -2.43. The summed E-state index contributed by atoms with van der Waals surface area (Å²) in [6, 6.07) is 7.29. The molecule has 3 heteroatoms. The van der Waals surface area contributed by atoms with Crippen molar-refractivity contribution in [2.75, 3.05) is 6.61 Å². The van der Waals surface area contributed by atoms with Crippen LogP contribution in [0.25, 0.3) is 0 Å². The summed E-state index contributed by atoms with van der Waals surface area (Å²) in [5.74, 6) is 0.503. The molecule has 0 saturated carbocycles. The predicted octanol–water partition coefficient (Wildman–Crippen LogP) is 3.63. The van der Waals surface area contributed by atoms with Crippen molar-refractivity contribution in [2.24, 2.45) is 0 Å². The highest BCUT2D eigenvalue weighted by Crippen LogP contribution is 2.25. The molecule has 0 radical (unpaired) electrons. The van der Waals surface area contributed by atoms with Crippen LogP contribution in [0.5, 0.6) is 5.75 Å². The molecular weight excluding hydrogens is 198 g/mol. The van der Waals surface area contributed by atoms with Gasteiger partial charge in [-0.1, -0.05) is 32.9 Å². The lowest BCUT2D eigenvalue weighted by Crippen LogP contribution is -2.12. The highest BCUT2D eigenvalue weighted by molar-refractivity contribution is 5.32. The Morgan fingerprint density at radius 3 is 2.47 bits per heavy atom. The van der Waals surface area contributed by atoms with E-state index in [4.69, 9.17) is 4.74 Å². The molecule has 1 aromatic carbocycles. The molecule has 84 valence electrons. The minimum Gasteiger partial charge on any atom is -0.488 e. The first-order valence-corrected chi connectivity index (χ1v) is 4.91. The van der Waals surface area contributed by atoms with E-state index in [0.717, 1.165) is 5.56 Å². The zero-order chi connectivity index (χ0) is 11.5. The van der Waals surface area contributed by atoms with Gasteiger partial charge in [-0.15, -0.1) is 0 Å². The fourth-order valence-electron chi connectivity index (χ4n) is 1.21. The summed E-state index contributed by atoms with van der Waals surface area (Å²) in [4.78, 5) is 0. The average Bonchev–Trinajstić information content (AvgIpc) is 2.14. The highest BCUT2D eigenvalue weighted by atomic mass is 19.3. The second kappa shape index (κ2) is 4.60. The molecule has 0 aliphatic heterocycles. The van der Waals surface area contributed by atoms with Crippen molar-refractivity contribution in [3.63, 3.8) is 0 Å². The van der Waals surface area contributed by atoms with Crippen molar-refractivity contribution in [1.82, 2.24) is 0 Å². The third-order valence-corrected chi connectivity index (χ3v) is 2.08. The molecule has 15 heavy (non-hydrogen) atoms. The smallest absolute Gasteiger partial charge is 0.272 e. The third-order valence-electron chi connectivity index (χ3n) is 2.08. The summed E-state index contributed by atoms with van der Waals surface area (Å²) in [5.41, 5.74) is 1.08. The predicted molar refractivity (Wildman–Crippen MR) is 56.6 cm³/mol. The van der Waals surface area contributed by atoms with Crippen LogP contribution in [-0.2, 0) is 5.41 Å². The zero-order valence-electron chi connectivity index (χ0n) is 9.26. The van der Waals surface area contributed by atoms with Crippen molar-refractivity contribution in [1.29, 1.82) is 0 Å². The summed E-state index contributed by atoms with van der Waals surface area (Å²) >= 11 is 0. The molecule has 1 aromatic rings. The fourth-order valence-corrected chi connectivity index (χ4v) is 1.21. The molecule has 0 atom stereocenters. The normalized spacial score (nSPS) is 11.9. The van der Waals surface area contributed by atoms with Crippen LogP contribution in [0.3, 0.4) is 0 Å². The van der Waals surface area contributed by atoms with E-state index >= 15 is 0 Å². The highest BCUT2D eigenvalue weighted by Gasteiger charge is 2.14. The molecule has 0 spiro atoms. The van der Waals surface area contributed by atoms with E-state index in [0.29, 0.717) is 5.75 Å². The van der Waals surface area contributed by atoms with E-state index in [9.17, 15) is 8.78 Å². The number of alkyl halides is 2. The Morgan fingerprint density at radius 1 is 1.27 bits per heavy atom. The average molecular weight is 214 g/mol. The molecule has 0 fully saturated rings.